The molecule has 0 radical (unpaired) electrons. The van der Waals surface area contributed by atoms with Gasteiger partial charge in [0.25, 0.3) is 0 Å². The van der Waals surface area contributed by atoms with E-state index < -0.39 is 0 Å². The SMILES string of the molecule is CCC1CCC(C(NC)c2ccccc2I)CC1. The molecule has 0 aliphatic heterocycles. The first-order chi connectivity index (χ1) is 8.76. The Balaban J connectivity index is 2.08. The van der Waals surface area contributed by atoms with Gasteiger partial charge in [0.05, 0.1) is 0 Å². The van der Waals surface area contributed by atoms with Crippen molar-refractivity contribution in [3.63, 3.8) is 0 Å². The fraction of sp³-hybridized carbons (Fsp3) is 0.625. The highest BCUT2D eigenvalue weighted by molar-refractivity contribution is 14.1. The third-order valence-electron chi connectivity index (χ3n) is 4.49. The van der Waals surface area contributed by atoms with Gasteiger partial charge in [-0.1, -0.05) is 44.4 Å². The van der Waals surface area contributed by atoms with Crippen LogP contribution in [-0.4, -0.2) is 7.05 Å². The molecule has 1 nitrogen and oxygen atoms in total. The highest BCUT2D eigenvalue weighted by Crippen LogP contribution is 2.38. The summed E-state index contributed by atoms with van der Waals surface area (Å²) in [6, 6.07) is 9.34. The average Bonchev–Trinajstić information content (AvgIpc) is 2.42. The second-order valence-electron chi connectivity index (χ2n) is 5.48. The Morgan fingerprint density at radius 1 is 1.22 bits per heavy atom. The normalized spacial score (nSPS) is 25.9. The zero-order chi connectivity index (χ0) is 13.0. The van der Waals surface area contributed by atoms with Crippen molar-refractivity contribution in [1.29, 1.82) is 0 Å². The molecule has 1 aliphatic carbocycles. The van der Waals surface area contributed by atoms with E-state index in [2.05, 4.69) is 66.1 Å². The lowest BCUT2D eigenvalue weighted by atomic mass is 9.76. The van der Waals surface area contributed by atoms with Crippen molar-refractivity contribution in [2.45, 2.75) is 45.1 Å². The molecular formula is C16H24IN. The molecule has 1 fully saturated rings. The van der Waals surface area contributed by atoms with Gasteiger partial charge in [-0.2, -0.15) is 0 Å². The van der Waals surface area contributed by atoms with Crippen LogP contribution in [0.25, 0.3) is 0 Å². The largest absolute Gasteiger partial charge is 0.313 e. The second-order valence-corrected chi connectivity index (χ2v) is 6.64. The molecular weight excluding hydrogens is 333 g/mol. The van der Waals surface area contributed by atoms with Crippen LogP contribution in [0.1, 0.15) is 50.6 Å². The topological polar surface area (TPSA) is 12.0 Å². The Labute approximate surface area is 125 Å². The van der Waals surface area contributed by atoms with E-state index in [0.717, 1.165) is 11.8 Å². The zero-order valence-corrected chi connectivity index (χ0v) is 13.6. The molecule has 1 atom stereocenters. The van der Waals surface area contributed by atoms with Gasteiger partial charge >= 0.3 is 0 Å². The van der Waals surface area contributed by atoms with Crippen LogP contribution in [0.2, 0.25) is 0 Å². The minimum Gasteiger partial charge on any atom is -0.313 e. The lowest BCUT2D eigenvalue weighted by Crippen LogP contribution is -2.29. The number of rotatable bonds is 4. The van der Waals surface area contributed by atoms with Gasteiger partial charge in [0.2, 0.25) is 0 Å². The fourth-order valence-electron chi connectivity index (χ4n) is 3.30. The van der Waals surface area contributed by atoms with Gasteiger partial charge in [-0.3, -0.25) is 0 Å². The predicted octanol–water partition coefficient (Wildman–Crippen LogP) is 4.77. The maximum atomic E-state index is 3.56. The standard InChI is InChI=1S/C16H24IN/c1-3-12-8-10-13(11-9-12)16(18-2)14-6-4-5-7-15(14)17/h4-7,12-13,16,18H,3,8-11H2,1-2H3. The van der Waals surface area contributed by atoms with Crippen LogP contribution in [0, 0.1) is 15.4 Å². The molecule has 1 N–H and O–H groups in total. The molecule has 2 rings (SSSR count). The molecule has 0 saturated heterocycles. The van der Waals surface area contributed by atoms with Gasteiger partial charge < -0.3 is 5.32 Å². The van der Waals surface area contributed by atoms with E-state index in [0.29, 0.717) is 6.04 Å². The number of nitrogens with one attached hydrogen (secondary N) is 1. The van der Waals surface area contributed by atoms with E-state index in [9.17, 15) is 0 Å². The fourth-order valence-corrected chi connectivity index (χ4v) is 4.03. The Morgan fingerprint density at radius 3 is 2.44 bits per heavy atom. The van der Waals surface area contributed by atoms with E-state index in [4.69, 9.17) is 0 Å². The molecule has 100 valence electrons. The number of hydrogen-bond donors (Lipinski definition) is 1. The van der Waals surface area contributed by atoms with Crippen molar-refractivity contribution >= 4 is 22.6 Å². The quantitative estimate of drug-likeness (QED) is 0.766. The summed E-state index contributed by atoms with van der Waals surface area (Å²) in [6.45, 7) is 2.33. The van der Waals surface area contributed by atoms with Crippen molar-refractivity contribution in [2.75, 3.05) is 7.05 Å². The first kappa shape index (κ1) is 14.3. The van der Waals surface area contributed by atoms with E-state index >= 15 is 0 Å². The second kappa shape index (κ2) is 6.90. The molecule has 18 heavy (non-hydrogen) atoms. The lowest BCUT2D eigenvalue weighted by Gasteiger charge is -2.34. The first-order valence-electron chi connectivity index (χ1n) is 7.18. The van der Waals surface area contributed by atoms with Crippen LogP contribution in [0.3, 0.4) is 0 Å². The van der Waals surface area contributed by atoms with Gasteiger partial charge in [0.15, 0.2) is 0 Å². The van der Waals surface area contributed by atoms with Crippen LogP contribution in [-0.2, 0) is 0 Å². The van der Waals surface area contributed by atoms with Crippen molar-refractivity contribution in [1.82, 2.24) is 5.32 Å². The van der Waals surface area contributed by atoms with Gasteiger partial charge in [-0.25, -0.2) is 0 Å². The van der Waals surface area contributed by atoms with Crippen molar-refractivity contribution in [3.8, 4) is 0 Å². The molecule has 1 aromatic rings. The molecule has 0 bridgehead atoms. The molecule has 2 heteroatoms. The summed E-state index contributed by atoms with van der Waals surface area (Å²) in [5, 5.41) is 3.56. The number of halogens is 1. The van der Waals surface area contributed by atoms with E-state index in [1.54, 1.807) is 0 Å². The number of hydrogen-bond acceptors (Lipinski definition) is 1. The Kier molecular flexibility index (Phi) is 5.49. The van der Waals surface area contributed by atoms with E-state index in [1.165, 1.54) is 41.2 Å². The molecule has 0 heterocycles. The molecule has 0 amide bonds. The molecule has 1 aliphatic rings. The van der Waals surface area contributed by atoms with Gasteiger partial charge in [-0.05, 0) is 65.9 Å². The summed E-state index contributed by atoms with van der Waals surface area (Å²) in [7, 11) is 2.11. The lowest BCUT2D eigenvalue weighted by molar-refractivity contribution is 0.224. The van der Waals surface area contributed by atoms with Crippen LogP contribution < -0.4 is 5.32 Å². The summed E-state index contributed by atoms with van der Waals surface area (Å²) in [6.07, 6.45) is 6.97. The predicted molar refractivity (Wildman–Crippen MR) is 86.7 cm³/mol. The average molecular weight is 357 g/mol. The van der Waals surface area contributed by atoms with Crippen molar-refractivity contribution in [3.05, 3.63) is 33.4 Å². The van der Waals surface area contributed by atoms with Crippen LogP contribution in [0.4, 0.5) is 0 Å². The third kappa shape index (κ3) is 3.27. The Bertz CT molecular complexity index is 369. The third-order valence-corrected chi connectivity index (χ3v) is 5.47. The molecule has 1 unspecified atom stereocenters. The summed E-state index contributed by atoms with van der Waals surface area (Å²) >= 11 is 2.47. The minimum atomic E-state index is 0.538. The molecule has 1 saturated carbocycles. The summed E-state index contributed by atoms with van der Waals surface area (Å²) in [5.41, 5.74) is 1.49. The smallest absolute Gasteiger partial charge is 0.0356 e. The first-order valence-corrected chi connectivity index (χ1v) is 8.25. The zero-order valence-electron chi connectivity index (χ0n) is 11.5. The highest BCUT2D eigenvalue weighted by atomic mass is 127. The van der Waals surface area contributed by atoms with Crippen LogP contribution in [0.15, 0.2) is 24.3 Å². The van der Waals surface area contributed by atoms with E-state index in [-0.39, 0.29) is 0 Å². The molecule has 0 spiro atoms. The monoisotopic (exact) mass is 357 g/mol. The Morgan fingerprint density at radius 2 is 1.89 bits per heavy atom. The van der Waals surface area contributed by atoms with Crippen molar-refractivity contribution in [2.24, 2.45) is 11.8 Å². The molecule has 1 aromatic carbocycles. The number of benzene rings is 1. The minimum absolute atomic E-state index is 0.538. The van der Waals surface area contributed by atoms with E-state index in [1.807, 2.05) is 0 Å². The van der Waals surface area contributed by atoms with Crippen LogP contribution in [0.5, 0.6) is 0 Å². The maximum Gasteiger partial charge on any atom is 0.0356 e. The van der Waals surface area contributed by atoms with Crippen molar-refractivity contribution < 1.29 is 0 Å². The maximum absolute atomic E-state index is 3.56. The summed E-state index contributed by atoms with van der Waals surface area (Å²) < 4.78 is 1.40. The van der Waals surface area contributed by atoms with Crippen LogP contribution >= 0.6 is 22.6 Å². The summed E-state index contributed by atoms with van der Waals surface area (Å²) in [4.78, 5) is 0. The Hall–Kier alpha value is -0.0900. The van der Waals surface area contributed by atoms with Gasteiger partial charge in [-0.15, -0.1) is 0 Å². The highest BCUT2D eigenvalue weighted by Gasteiger charge is 2.27. The molecule has 0 aromatic heterocycles. The van der Waals surface area contributed by atoms with Gasteiger partial charge in [0.1, 0.15) is 0 Å². The van der Waals surface area contributed by atoms with Gasteiger partial charge in [0, 0.05) is 9.61 Å². The summed E-state index contributed by atoms with van der Waals surface area (Å²) in [5.74, 6) is 1.79.